The van der Waals surface area contributed by atoms with Crippen LogP contribution in [0.15, 0.2) is 70.7 Å². The van der Waals surface area contributed by atoms with Crippen molar-refractivity contribution in [2.24, 2.45) is 10.1 Å². The van der Waals surface area contributed by atoms with Crippen LogP contribution in [-0.4, -0.2) is 41.7 Å². The van der Waals surface area contributed by atoms with E-state index in [1.807, 2.05) is 0 Å². The first kappa shape index (κ1) is 31.0. The summed E-state index contributed by atoms with van der Waals surface area (Å²) in [5.74, 6) is -0.853. The van der Waals surface area contributed by atoms with E-state index in [2.05, 4.69) is 22.0 Å². The van der Waals surface area contributed by atoms with Crippen LogP contribution < -0.4 is 5.32 Å². The summed E-state index contributed by atoms with van der Waals surface area (Å²) in [4.78, 5) is 35.5. The molecule has 1 N–H and O–H groups in total. The normalized spacial score (nSPS) is 17.6. The highest BCUT2D eigenvalue weighted by molar-refractivity contribution is 6.34. The van der Waals surface area contributed by atoms with E-state index in [-0.39, 0.29) is 43.4 Å². The van der Waals surface area contributed by atoms with Gasteiger partial charge < -0.3 is 14.9 Å². The molecule has 40 heavy (non-hydrogen) atoms. The quantitative estimate of drug-likeness (QED) is 0.209. The summed E-state index contributed by atoms with van der Waals surface area (Å²) in [7, 11) is 1.09. The molecule has 1 unspecified atom stereocenters. The van der Waals surface area contributed by atoms with Crippen LogP contribution in [0.3, 0.4) is 0 Å². The Labute approximate surface area is 242 Å². The molecule has 0 saturated heterocycles. The van der Waals surface area contributed by atoms with E-state index in [0.717, 1.165) is 25.4 Å². The maximum absolute atomic E-state index is 14.3. The second-order valence-corrected chi connectivity index (χ2v) is 9.71. The molecule has 0 spiro atoms. The lowest BCUT2D eigenvalue weighted by Crippen LogP contribution is -2.42. The van der Waals surface area contributed by atoms with E-state index < -0.39 is 30.2 Å². The average molecular weight is 618 g/mol. The molecule has 2 aromatic rings. The van der Waals surface area contributed by atoms with E-state index in [0.29, 0.717) is 10.5 Å². The number of nitrogens with zero attached hydrogens (tertiary/aromatic N) is 3. The standard InChI is InChI=1S/C26H22Cl3F3N4O4/c1-5-33-22(29)13-34-15(3)36(24(38)39-4)23(37)20-7-6-16(8-14(20)2)21-12-25(40-35-21,26(30,31)32)17-9-18(27)11-19(28)10-17/h5-11,13,33H,1,12H2,2-4H3/b22-13-,34-15?. The number of alkyl halides is 3. The van der Waals surface area contributed by atoms with Gasteiger partial charge in [-0.2, -0.15) is 18.1 Å². The minimum absolute atomic E-state index is 0.00519. The number of carbonyl (C=O) groups excluding carboxylic acids is 2. The number of rotatable bonds is 6. The Balaban J connectivity index is 1.95. The molecule has 3 rings (SSSR count). The number of carbonyl (C=O) groups is 2. The molecule has 1 atom stereocenters. The molecule has 0 radical (unpaired) electrons. The van der Waals surface area contributed by atoms with Crippen molar-refractivity contribution in [1.82, 2.24) is 10.2 Å². The number of halogens is 6. The Morgan fingerprint density at radius 3 is 2.42 bits per heavy atom. The number of amidine groups is 1. The molecule has 0 saturated carbocycles. The van der Waals surface area contributed by atoms with Crippen LogP contribution in [-0.2, 0) is 15.2 Å². The summed E-state index contributed by atoms with van der Waals surface area (Å²) < 4.78 is 47.7. The van der Waals surface area contributed by atoms with Gasteiger partial charge in [-0.05, 0) is 61.5 Å². The van der Waals surface area contributed by atoms with E-state index in [1.54, 1.807) is 6.92 Å². The van der Waals surface area contributed by atoms with Gasteiger partial charge in [-0.3, -0.25) is 4.79 Å². The fraction of sp³-hybridized carbons (Fsp3) is 0.231. The van der Waals surface area contributed by atoms with Crippen molar-refractivity contribution in [3.05, 3.63) is 92.8 Å². The van der Waals surface area contributed by atoms with Crippen LogP contribution in [0.4, 0.5) is 18.0 Å². The molecule has 2 aromatic carbocycles. The third-order valence-electron chi connectivity index (χ3n) is 5.79. The van der Waals surface area contributed by atoms with Crippen molar-refractivity contribution >= 4 is 58.4 Å². The zero-order valence-corrected chi connectivity index (χ0v) is 23.5. The highest BCUT2D eigenvalue weighted by Crippen LogP contribution is 2.49. The van der Waals surface area contributed by atoms with E-state index in [1.165, 1.54) is 37.4 Å². The molecule has 0 aromatic heterocycles. The molecular formula is C26H22Cl3F3N4O4. The maximum Gasteiger partial charge on any atom is 0.435 e. The van der Waals surface area contributed by atoms with Gasteiger partial charge in [0, 0.05) is 27.6 Å². The van der Waals surface area contributed by atoms with Crippen LogP contribution in [0.25, 0.3) is 0 Å². The number of benzene rings is 2. The number of nitrogens with one attached hydrogen (secondary N) is 1. The number of hydrogen-bond donors (Lipinski definition) is 1. The first-order chi connectivity index (χ1) is 18.7. The second-order valence-electron chi connectivity index (χ2n) is 8.43. The van der Waals surface area contributed by atoms with Gasteiger partial charge >= 0.3 is 12.3 Å². The molecule has 1 aliphatic rings. The molecule has 212 valence electrons. The SMILES string of the molecule is C=CN/C(Cl)=C\N=C(C)N(C(=O)OC)C(=O)c1ccc(C2=NOC(c3cc(Cl)cc(Cl)c3)(C(F)(F)F)C2)cc1C. The summed E-state index contributed by atoms with van der Waals surface area (Å²) in [5.41, 5.74) is -2.47. The zero-order chi connectivity index (χ0) is 29.8. The number of hydrogen-bond acceptors (Lipinski definition) is 7. The van der Waals surface area contributed by atoms with Gasteiger partial charge in [-0.1, -0.05) is 52.6 Å². The maximum atomic E-state index is 14.3. The third kappa shape index (κ3) is 6.43. The topological polar surface area (TPSA) is 92.6 Å². The molecule has 14 heteroatoms. The number of ether oxygens (including phenoxy) is 1. The van der Waals surface area contributed by atoms with Crippen LogP contribution in [0.2, 0.25) is 10.0 Å². The summed E-state index contributed by atoms with van der Waals surface area (Å²) in [6.45, 7) is 6.39. The van der Waals surface area contributed by atoms with E-state index in [9.17, 15) is 22.8 Å². The van der Waals surface area contributed by atoms with Crippen molar-refractivity contribution in [2.75, 3.05) is 7.11 Å². The second kappa shape index (κ2) is 12.3. The monoisotopic (exact) mass is 616 g/mol. The molecule has 0 aliphatic carbocycles. The molecule has 2 amide bonds. The summed E-state index contributed by atoms with van der Waals surface area (Å²) in [5, 5.41) is 6.39. The number of methoxy groups -OCH3 is 1. The third-order valence-corrected chi connectivity index (χ3v) is 6.44. The van der Waals surface area contributed by atoms with Gasteiger partial charge in [0.05, 0.1) is 19.0 Å². The predicted molar refractivity (Wildman–Crippen MR) is 147 cm³/mol. The number of amides is 2. The first-order valence-electron chi connectivity index (χ1n) is 11.3. The lowest BCUT2D eigenvalue weighted by atomic mass is 9.86. The lowest BCUT2D eigenvalue weighted by Gasteiger charge is -2.29. The van der Waals surface area contributed by atoms with Crippen LogP contribution in [0, 0.1) is 6.92 Å². The average Bonchev–Trinajstić information content (AvgIpc) is 3.34. The molecule has 0 bridgehead atoms. The van der Waals surface area contributed by atoms with Crippen molar-refractivity contribution in [2.45, 2.75) is 32.0 Å². The molecule has 0 fully saturated rings. The fourth-order valence-electron chi connectivity index (χ4n) is 3.84. The smallest absolute Gasteiger partial charge is 0.435 e. The summed E-state index contributed by atoms with van der Waals surface area (Å²) in [6, 6.07) is 7.75. The number of aliphatic imine (C=N–C) groups is 1. The van der Waals surface area contributed by atoms with E-state index in [4.69, 9.17) is 44.4 Å². The molecule has 1 aliphatic heterocycles. The molecule has 1 heterocycles. The van der Waals surface area contributed by atoms with Crippen molar-refractivity contribution in [1.29, 1.82) is 0 Å². The van der Waals surface area contributed by atoms with Crippen LogP contribution in [0.5, 0.6) is 0 Å². The zero-order valence-electron chi connectivity index (χ0n) is 21.3. The van der Waals surface area contributed by atoms with Crippen molar-refractivity contribution in [3.63, 3.8) is 0 Å². The van der Waals surface area contributed by atoms with Crippen LogP contribution >= 0.6 is 34.8 Å². The Bertz CT molecular complexity index is 1420. The highest BCUT2D eigenvalue weighted by atomic mass is 35.5. The minimum Gasteiger partial charge on any atom is -0.452 e. The first-order valence-corrected chi connectivity index (χ1v) is 12.5. The van der Waals surface area contributed by atoms with Gasteiger partial charge in [0.1, 0.15) is 11.0 Å². The molecular weight excluding hydrogens is 596 g/mol. The van der Waals surface area contributed by atoms with Gasteiger partial charge in [0.2, 0.25) is 0 Å². The summed E-state index contributed by atoms with van der Waals surface area (Å²) >= 11 is 17.8. The van der Waals surface area contributed by atoms with Crippen LogP contribution in [0.1, 0.15) is 40.4 Å². The Morgan fingerprint density at radius 1 is 1.23 bits per heavy atom. The fourth-order valence-corrected chi connectivity index (χ4v) is 4.50. The van der Waals surface area contributed by atoms with Gasteiger partial charge in [-0.25, -0.2) is 9.79 Å². The number of oxime groups is 1. The largest absolute Gasteiger partial charge is 0.452 e. The van der Waals surface area contributed by atoms with Gasteiger partial charge in [-0.15, -0.1) is 0 Å². The van der Waals surface area contributed by atoms with Crippen molar-refractivity contribution < 1.29 is 32.3 Å². The number of aryl methyl sites for hydroxylation is 1. The molecule has 8 nitrogen and oxygen atoms in total. The number of imide groups is 1. The Morgan fingerprint density at radius 2 is 1.88 bits per heavy atom. The lowest BCUT2D eigenvalue weighted by molar-refractivity contribution is -0.275. The van der Waals surface area contributed by atoms with Gasteiger partial charge in [0.25, 0.3) is 11.5 Å². The predicted octanol–water partition coefficient (Wildman–Crippen LogP) is 7.28. The Kier molecular flexibility index (Phi) is 9.55. The van der Waals surface area contributed by atoms with Crippen molar-refractivity contribution in [3.8, 4) is 0 Å². The Hall–Kier alpha value is -3.54. The van der Waals surface area contributed by atoms with E-state index >= 15 is 0 Å². The van der Waals surface area contributed by atoms with Gasteiger partial charge in [0.15, 0.2) is 0 Å². The minimum atomic E-state index is -4.87. The highest BCUT2D eigenvalue weighted by Gasteiger charge is 2.62. The summed E-state index contributed by atoms with van der Waals surface area (Å²) in [6.07, 6.45) is -4.09.